The minimum Gasteiger partial charge on any atom is -0.469 e. The van der Waals surface area contributed by atoms with Crippen LogP contribution in [-0.2, 0) is 44.5 Å². The van der Waals surface area contributed by atoms with E-state index in [4.69, 9.17) is 9.47 Å². The molecule has 0 unspecified atom stereocenters. The number of esters is 1. The van der Waals surface area contributed by atoms with E-state index >= 15 is 0 Å². The van der Waals surface area contributed by atoms with Crippen LogP contribution < -0.4 is 5.32 Å². The number of alkyl halides is 3. The fourth-order valence-corrected chi connectivity index (χ4v) is 6.89. The summed E-state index contributed by atoms with van der Waals surface area (Å²) in [5, 5.41) is 3.48. The van der Waals surface area contributed by atoms with E-state index < -0.39 is 23.6 Å². The van der Waals surface area contributed by atoms with E-state index in [0.29, 0.717) is 37.2 Å². The number of aryl methyl sites for hydroxylation is 1. The highest BCUT2D eigenvalue weighted by molar-refractivity contribution is 5.98. The molecule has 1 N–H and O–H groups in total. The zero-order valence-corrected chi connectivity index (χ0v) is 27.3. The van der Waals surface area contributed by atoms with Crippen molar-refractivity contribution in [1.29, 1.82) is 0 Å². The maximum Gasteiger partial charge on any atom is 0.416 e. The summed E-state index contributed by atoms with van der Waals surface area (Å²) in [5.74, 6) is -1.41. The van der Waals surface area contributed by atoms with Gasteiger partial charge in [-0.25, -0.2) is 0 Å². The number of morpholine rings is 1. The molecule has 2 heterocycles. The number of ether oxygens (including phenoxy) is 2. The molecule has 9 heteroatoms. The molecule has 0 aliphatic carbocycles. The number of hydrogen-bond donors (Lipinski definition) is 1. The number of methoxy groups -OCH3 is 1. The first-order chi connectivity index (χ1) is 23.7. The molecule has 2 aliphatic heterocycles. The van der Waals surface area contributed by atoms with Crippen LogP contribution in [0, 0.1) is 5.92 Å². The summed E-state index contributed by atoms with van der Waals surface area (Å²) in [6.07, 6.45) is -2.55. The van der Waals surface area contributed by atoms with Gasteiger partial charge in [-0.15, -0.1) is 0 Å². The Labute approximate surface area is 284 Å². The van der Waals surface area contributed by atoms with Crippen LogP contribution in [0.4, 0.5) is 18.9 Å². The number of aliphatic imine (C=N–C) groups is 1. The predicted octanol–water partition coefficient (Wildman–Crippen LogP) is 7.45. The third-order valence-electron chi connectivity index (χ3n) is 9.50. The van der Waals surface area contributed by atoms with E-state index in [-0.39, 0.29) is 36.7 Å². The van der Waals surface area contributed by atoms with Crippen LogP contribution >= 0.6 is 0 Å². The Kier molecular flexibility index (Phi) is 10.7. The van der Waals surface area contributed by atoms with Crippen LogP contribution in [-0.4, -0.2) is 49.9 Å². The first-order valence-electron chi connectivity index (χ1n) is 16.6. The standard InChI is InChI=1S/C40H39F3N2O4/c1-48-38(47)23-33(39(27-11-4-2-5-12-27)28-13-6-3-7-14-28)37(46)22-29-15-9-8-10-26(29)16-18-32-24-44-36(25-49-32)35-21-30-20-31(40(41,42)43)17-19-34(30)45-35/h2-15,17,19-20,32-33,36,39,44H,16,18,21-25H2,1H3/t32-,33-,36+/m1/s1. The molecular formula is C40H39F3N2O4. The Morgan fingerprint density at radius 2 is 1.57 bits per heavy atom. The van der Waals surface area contributed by atoms with E-state index in [2.05, 4.69) is 10.3 Å². The van der Waals surface area contributed by atoms with E-state index in [0.717, 1.165) is 40.5 Å². The highest BCUT2D eigenvalue weighted by Crippen LogP contribution is 2.37. The fraction of sp³-hybridized carbons (Fsp3) is 0.325. The molecule has 1 fully saturated rings. The fourth-order valence-electron chi connectivity index (χ4n) is 6.89. The minimum atomic E-state index is -4.39. The molecule has 6 rings (SSSR count). The maximum absolute atomic E-state index is 14.2. The van der Waals surface area contributed by atoms with Crippen molar-refractivity contribution in [2.24, 2.45) is 10.9 Å². The second kappa shape index (κ2) is 15.3. The third-order valence-corrected chi connectivity index (χ3v) is 9.50. The van der Waals surface area contributed by atoms with Crippen LogP contribution in [0.2, 0.25) is 0 Å². The molecule has 0 amide bonds. The first-order valence-corrected chi connectivity index (χ1v) is 16.6. The number of carbonyl (C=O) groups is 2. The van der Waals surface area contributed by atoms with Crippen molar-refractivity contribution < 1.29 is 32.2 Å². The molecule has 0 aromatic heterocycles. The van der Waals surface area contributed by atoms with Gasteiger partial charge < -0.3 is 14.8 Å². The van der Waals surface area contributed by atoms with Crippen molar-refractivity contribution in [2.45, 2.75) is 56.3 Å². The van der Waals surface area contributed by atoms with Crippen molar-refractivity contribution in [3.05, 3.63) is 137 Å². The average Bonchev–Trinajstić information content (AvgIpc) is 3.55. The third kappa shape index (κ3) is 8.35. The smallest absolute Gasteiger partial charge is 0.416 e. The van der Waals surface area contributed by atoms with Crippen molar-refractivity contribution in [3.63, 3.8) is 0 Å². The molecule has 49 heavy (non-hydrogen) atoms. The predicted molar refractivity (Wildman–Crippen MR) is 182 cm³/mol. The molecule has 2 aliphatic rings. The number of benzene rings is 4. The number of hydrogen-bond acceptors (Lipinski definition) is 6. The lowest BCUT2D eigenvalue weighted by atomic mass is 9.75. The summed E-state index contributed by atoms with van der Waals surface area (Å²) in [4.78, 5) is 31.5. The first kappa shape index (κ1) is 34.3. The van der Waals surface area contributed by atoms with Gasteiger partial charge in [0, 0.05) is 36.9 Å². The van der Waals surface area contributed by atoms with Gasteiger partial charge in [0.05, 0.1) is 43.5 Å². The van der Waals surface area contributed by atoms with Gasteiger partial charge in [0.15, 0.2) is 0 Å². The molecule has 0 bridgehead atoms. The van der Waals surface area contributed by atoms with E-state index in [9.17, 15) is 22.8 Å². The molecule has 1 saturated heterocycles. The molecule has 254 valence electrons. The van der Waals surface area contributed by atoms with Crippen LogP contribution in [0.1, 0.15) is 52.1 Å². The minimum absolute atomic E-state index is 0.0327. The molecule has 0 spiro atoms. The van der Waals surface area contributed by atoms with Gasteiger partial charge in [-0.3, -0.25) is 14.6 Å². The van der Waals surface area contributed by atoms with Gasteiger partial charge in [-0.2, -0.15) is 13.2 Å². The number of rotatable bonds is 12. The summed E-state index contributed by atoms with van der Waals surface area (Å²) in [7, 11) is 1.34. The number of fused-ring (bicyclic) bond motifs is 1. The lowest BCUT2D eigenvalue weighted by Crippen LogP contribution is -2.50. The lowest BCUT2D eigenvalue weighted by molar-refractivity contribution is -0.144. The van der Waals surface area contributed by atoms with E-state index in [1.54, 1.807) is 0 Å². The van der Waals surface area contributed by atoms with Gasteiger partial charge in [-0.1, -0.05) is 84.9 Å². The Hall–Kier alpha value is -4.60. The summed E-state index contributed by atoms with van der Waals surface area (Å²) in [5.41, 5.74) is 5.15. The normalized spacial score (nSPS) is 18.1. The Bertz CT molecular complexity index is 1740. The second-order valence-electron chi connectivity index (χ2n) is 12.7. The molecule has 4 aromatic rings. The van der Waals surface area contributed by atoms with E-state index in [1.807, 2.05) is 84.9 Å². The van der Waals surface area contributed by atoms with Crippen molar-refractivity contribution in [1.82, 2.24) is 5.32 Å². The Balaban J connectivity index is 1.10. The van der Waals surface area contributed by atoms with Gasteiger partial charge >= 0.3 is 12.1 Å². The quantitative estimate of drug-likeness (QED) is 0.159. The number of nitrogens with zero attached hydrogens (tertiary/aromatic N) is 1. The molecule has 0 radical (unpaired) electrons. The Morgan fingerprint density at radius 3 is 2.18 bits per heavy atom. The number of Topliss-reactive ketones (excluding diaryl/α,β-unsaturated/α-hetero) is 1. The monoisotopic (exact) mass is 668 g/mol. The SMILES string of the molecule is COC(=O)C[C@H](C(=O)Cc1ccccc1CC[C@@H]1CN[C@H](C2=Nc3ccc(C(F)(F)F)cc3C2)CO1)C(c1ccccc1)c1ccccc1. The lowest BCUT2D eigenvalue weighted by Gasteiger charge is -2.31. The zero-order chi connectivity index (χ0) is 34.4. The molecule has 3 atom stereocenters. The number of halogens is 3. The highest BCUT2D eigenvalue weighted by atomic mass is 19.4. The van der Waals surface area contributed by atoms with Crippen molar-refractivity contribution >= 4 is 23.2 Å². The number of carbonyl (C=O) groups excluding carboxylic acids is 2. The van der Waals surface area contributed by atoms with Crippen molar-refractivity contribution in [2.75, 3.05) is 20.3 Å². The zero-order valence-electron chi connectivity index (χ0n) is 27.3. The molecular weight excluding hydrogens is 629 g/mol. The Morgan fingerprint density at radius 1 is 0.918 bits per heavy atom. The average molecular weight is 669 g/mol. The summed E-state index contributed by atoms with van der Waals surface area (Å²) >= 11 is 0. The van der Waals surface area contributed by atoms with Gasteiger partial charge in [0.2, 0.25) is 0 Å². The van der Waals surface area contributed by atoms with Crippen LogP contribution in [0.25, 0.3) is 0 Å². The van der Waals surface area contributed by atoms with Crippen LogP contribution in [0.3, 0.4) is 0 Å². The second-order valence-corrected chi connectivity index (χ2v) is 12.7. The van der Waals surface area contributed by atoms with Gasteiger partial charge in [0.25, 0.3) is 0 Å². The molecule has 0 saturated carbocycles. The number of nitrogens with one attached hydrogen (secondary N) is 1. The molecule has 4 aromatic carbocycles. The highest BCUT2D eigenvalue weighted by Gasteiger charge is 2.35. The maximum atomic E-state index is 14.2. The summed E-state index contributed by atoms with van der Waals surface area (Å²) in [6.45, 7) is 0.950. The van der Waals surface area contributed by atoms with Gasteiger partial charge in [0.1, 0.15) is 5.78 Å². The van der Waals surface area contributed by atoms with Gasteiger partial charge in [-0.05, 0) is 58.9 Å². The van der Waals surface area contributed by atoms with E-state index in [1.165, 1.54) is 19.2 Å². The number of ketones is 1. The van der Waals surface area contributed by atoms with Crippen LogP contribution in [0.15, 0.2) is 108 Å². The van der Waals surface area contributed by atoms with Crippen LogP contribution in [0.5, 0.6) is 0 Å². The topological polar surface area (TPSA) is 77.0 Å². The molecule has 6 nitrogen and oxygen atoms in total. The largest absolute Gasteiger partial charge is 0.469 e. The summed E-state index contributed by atoms with van der Waals surface area (Å²) in [6, 6.07) is 31.0. The van der Waals surface area contributed by atoms with Crippen molar-refractivity contribution in [3.8, 4) is 0 Å². The summed E-state index contributed by atoms with van der Waals surface area (Å²) < 4.78 is 50.8.